The number of hydrogen-bond donors (Lipinski definition) is 0. The lowest BCUT2D eigenvalue weighted by atomic mass is 10.1. The molecule has 0 radical (unpaired) electrons. The van der Waals surface area contributed by atoms with Crippen LogP contribution in [-0.2, 0) is 0 Å². The minimum atomic E-state index is 0.560. The van der Waals surface area contributed by atoms with Crippen LogP contribution < -0.4 is 0 Å². The first kappa shape index (κ1) is 6.35. The minimum Gasteiger partial charge on any atom is -0.301 e. The van der Waals surface area contributed by atoms with Gasteiger partial charge in [0.1, 0.15) is 0 Å². The molecule has 1 aliphatic carbocycles. The molecule has 1 aliphatic heterocycles. The summed E-state index contributed by atoms with van der Waals surface area (Å²) in [5, 5.41) is 0. The van der Waals surface area contributed by atoms with Crippen LogP contribution in [0.25, 0.3) is 0 Å². The maximum absolute atomic E-state index is 4.17. The van der Waals surface area contributed by atoms with Crippen molar-refractivity contribution in [1.29, 1.82) is 0 Å². The first-order chi connectivity index (χ1) is 4.83. The number of hydrogen-bond acceptors (Lipinski definition) is 2. The molecular weight excluding hydrogens is 124 g/mol. The van der Waals surface area contributed by atoms with Gasteiger partial charge in [-0.2, -0.15) is 0 Å². The Morgan fingerprint density at radius 1 is 1.50 bits per heavy atom. The van der Waals surface area contributed by atoms with Gasteiger partial charge in [0.05, 0.1) is 6.04 Å². The Morgan fingerprint density at radius 3 is 2.60 bits per heavy atom. The Labute approximate surface area is 61.9 Å². The standard InChI is InChI=1S/C8H14N2/c1-9-8-6-3-4-7(8)10(2)5-6/h6-8H,1,3-5H2,2H3. The molecule has 1 saturated carbocycles. The summed E-state index contributed by atoms with van der Waals surface area (Å²) in [6.45, 7) is 4.89. The van der Waals surface area contributed by atoms with E-state index in [0.717, 1.165) is 12.0 Å². The van der Waals surface area contributed by atoms with Crippen molar-refractivity contribution >= 4 is 6.72 Å². The van der Waals surface area contributed by atoms with Crippen molar-refractivity contribution in [3.8, 4) is 0 Å². The maximum Gasteiger partial charge on any atom is 0.0687 e. The average Bonchev–Trinajstić information content (AvgIpc) is 2.42. The first-order valence-electron chi connectivity index (χ1n) is 3.99. The predicted octanol–water partition coefficient (Wildman–Crippen LogP) is 0.780. The highest BCUT2D eigenvalue weighted by atomic mass is 15.2. The molecule has 2 fully saturated rings. The van der Waals surface area contributed by atoms with Crippen LogP contribution >= 0.6 is 0 Å². The van der Waals surface area contributed by atoms with E-state index in [9.17, 15) is 0 Å². The average molecular weight is 138 g/mol. The molecule has 56 valence electrons. The van der Waals surface area contributed by atoms with E-state index in [1.807, 2.05) is 0 Å². The summed E-state index contributed by atoms with van der Waals surface area (Å²) in [4.78, 5) is 6.59. The Morgan fingerprint density at radius 2 is 2.30 bits per heavy atom. The van der Waals surface area contributed by atoms with Crippen LogP contribution in [0.5, 0.6) is 0 Å². The molecule has 2 aliphatic rings. The van der Waals surface area contributed by atoms with E-state index in [2.05, 4.69) is 23.7 Å². The first-order valence-corrected chi connectivity index (χ1v) is 3.99. The molecule has 2 heteroatoms. The van der Waals surface area contributed by atoms with Crippen LogP contribution in [0.3, 0.4) is 0 Å². The largest absolute Gasteiger partial charge is 0.301 e. The highest BCUT2D eigenvalue weighted by Gasteiger charge is 2.44. The smallest absolute Gasteiger partial charge is 0.0687 e. The summed E-state index contributed by atoms with van der Waals surface area (Å²) < 4.78 is 0. The van der Waals surface area contributed by atoms with Crippen molar-refractivity contribution < 1.29 is 0 Å². The molecule has 10 heavy (non-hydrogen) atoms. The van der Waals surface area contributed by atoms with Gasteiger partial charge in [0.2, 0.25) is 0 Å². The minimum absolute atomic E-state index is 0.560. The van der Waals surface area contributed by atoms with Crippen LogP contribution in [0, 0.1) is 5.92 Å². The third-order valence-corrected chi connectivity index (χ3v) is 3.01. The van der Waals surface area contributed by atoms with Gasteiger partial charge in [-0.15, -0.1) is 0 Å². The van der Waals surface area contributed by atoms with Gasteiger partial charge in [0, 0.05) is 12.6 Å². The second-order valence-corrected chi connectivity index (χ2v) is 3.52. The molecule has 2 rings (SSSR count). The lowest BCUT2D eigenvalue weighted by Gasteiger charge is -2.20. The summed E-state index contributed by atoms with van der Waals surface area (Å²) >= 11 is 0. The summed E-state index contributed by atoms with van der Waals surface area (Å²) in [5.74, 6) is 0.826. The second-order valence-electron chi connectivity index (χ2n) is 3.52. The fraction of sp³-hybridized carbons (Fsp3) is 0.875. The SMILES string of the molecule is C=NC1C2CCC1N(C)C2. The number of likely N-dealkylation sites (N-methyl/N-ethyl adjacent to an activating group) is 1. The Hall–Kier alpha value is -0.370. The molecular formula is C8H14N2. The van der Waals surface area contributed by atoms with E-state index in [1.165, 1.54) is 19.4 Å². The van der Waals surface area contributed by atoms with E-state index in [4.69, 9.17) is 0 Å². The van der Waals surface area contributed by atoms with E-state index in [-0.39, 0.29) is 0 Å². The highest BCUT2D eigenvalue weighted by Crippen LogP contribution is 2.38. The third kappa shape index (κ3) is 0.655. The van der Waals surface area contributed by atoms with E-state index in [1.54, 1.807) is 0 Å². The van der Waals surface area contributed by atoms with Crippen molar-refractivity contribution in [3.05, 3.63) is 0 Å². The van der Waals surface area contributed by atoms with E-state index < -0.39 is 0 Å². The molecule has 3 atom stereocenters. The van der Waals surface area contributed by atoms with Crippen molar-refractivity contribution in [2.45, 2.75) is 24.9 Å². The van der Waals surface area contributed by atoms with Crippen LogP contribution in [-0.4, -0.2) is 37.3 Å². The molecule has 2 nitrogen and oxygen atoms in total. The summed E-state index contributed by atoms with van der Waals surface area (Å²) in [5.41, 5.74) is 0. The third-order valence-electron chi connectivity index (χ3n) is 3.01. The van der Waals surface area contributed by atoms with Gasteiger partial charge >= 0.3 is 0 Å². The molecule has 0 N–H and O–H groups in total. The monoisotopic (exact) mass is 138 g/mol. The molecule has 0 aromatic rings. The maximum atomic E-state index is 4.17. The molecule has 2 bridgehead atoms. The van der Waals surface area contributed by atoms with Gasteiger partial charge in [-0.05, 0) is 32.5 Å². The Balaban J connectivity index is 2.18. The van der Waals surface area contributed by atoms with Crippen molar-refractivity contribution in [1.82, 2.24) is 4.90 Å². The molecule has 1 heterocycles. The zero-order valence-corrected chi connectivity index (χ0v) is 6.45. The number of nitrogens with zero attached hydrogens (tertiary/aromatic N) is 2. The molecule has 0 aromatic carbocycles. The predicted molar refractivity (Wildman–Crippen MR) is 42.5 cm³/mol. The lowest BCUT2D eigenvalue weighted by molar-refractivity contribution is 0.259. The number of piperidine rings is 1. The van der Waals surface area contributed by atoms with Crippen LogP contribution in [0.15, 0.2) is 4.99 Å². The zero-order valence-electron chi connectivity index (χ0n) is 6.45. The second kappa shape index (κ2) is 2.06. The van der Waals surface area contributed by atoms with Crippen LogP contribution in [0.2, 0.25) is 0 Å². The number of likely N-dealkylation sites (tertiary alicyclic amines) is 1. The van der Waals surface area contributed by atoms with Gasteiger partial charge in [0.15, 0.2) is 0 Å². The lowest BCUT2D eigenvalue weighted by Crippen LogP contribution is -2.29. The summed E-state index contributed by atoms with van der Waals surface area (Å²) in [7, 11) is 2.20. The van der Waals surface area contributed by atoms with E-state index in [0.29, 0.717) is 6.04 Å². The van der Waals surface area contributed by atoms with Crippen LogP contribution in [0.1, 0.15) is 12.8 Å². The molecule has 0 aromatic heterocycles. The number of aliphatic imine (C=N–C) groups is 1. The molecule has 0 amide bonds. The van der Waals surface area contributed by atoms with Gasteiger partial charge in [-0.1, -0.05) is 0 Å². The summed E-state index contributed by atoms with van der Waals surface area (Å²) in [6.07, 6.45) is 2.71. The quantitative estimate of drug-likeness (QED) is 0.489. The normalized spacial score (nSPS) is 46.3. The number of fused-ring (bicyclic) bond motifs is 2. The Kier molecular flexibility index (Phi) is 1.31. The zero-order chi connectivity index (χ0) is 7.14. The Bertz CT molecular complexity index is 155. The fourth-order valence-corrected chi connectivity index (χ4v) is 2.50. The fourth-order valence-electron chi connectivity index (χ4n) is 2.50. The van der Waals surface area contributed by atoms with Crippen molar-refractivity contribution in [2.24, 2.45) is 10.9 Å². The van der Waals surface area contributed by atoms with Gasteiger partial charge in [-0.3, -0.25) is 4.99 Å². The molecule has 0 spiro atoms. The van der Waals surface area contributed by atoms with Crippen molar-refractivity contribution in [2.75, 3.05) is 13.6 Å². The topological polar surface area (TPSA) is 15.6 Å². The number of rotatable bonds is 1. The van der Waals surface area contributed by atoms with Crippen molar-refractivity contribution in [3.63, 3.8) is 0 Å². The summed E-state index contributed by atoms with van der Waals surface area (Å²) in [6, 6.07) is 1.28. The molecule has 1 saturated heterocycles. The van der Waals surface area contributed by atoms with Gasteiger partial charge < -0.3 is 4.90 Å². The van der Waals surface area contributed by atoms with Gasteiger partial charge in [0.25, 0.3) is 0 Å². The van der Waals surface area contributed by atoms with Crippen LogP contribution in [0.4, 0.5) is 0 Å². The van der Waals surface area contributed by atoms with Gasteiger partial charge in [-0.25, -0.2) is 0 Å². The van der Waals surface area contributed by atoms with E-state index >= 15 is 0 Å². The highest BCUT2D eigenvalue weighted by molar-refractivity contribution is 5.26. The molecule has 3 unspecified atom stereocenters.